The van der Waals surface area contributed by atoms with E-state index in [4.69, 9.17) is 5.73 Å². The molecular weight excluding hydrogens is 230 g/mol. The molecule has 0 atom stereocenters. The Balaban J connectivity index is 2.47. The lowest BCUT2D eigenvalue weighted by Crippen LogP contribution is -2.42. The van der Waals surface area contributed by atoms with E-state index < -0.39 is 5.54 Å². The molecule has 2 aromatic rings. The van der Waals surface area contributed by atoms with Gasteiger partial charge in [0.25, 0.3) is 0 Å². The van der Waals surface area contributed by atoms with Gasteiger partial charge < -0.3 is 5.73 Å². The van der Waals surface area contributed by atoms with Crippen LogP contribution in [0, 0.1) is 0 Å². The molecule has 2 aromatic heterocycles. The Bertz CT molecular complexity index is 419. The van der Waals surface area contributed by atoms with E-state index in [0.29, 0.717) is 0 Å². The summed E-state index contributed by atoms with van der Waals surface area (Å²) in [5.74, 6) is 0.751. The molecule has 4 heteroatoms. The van der Waals surface area contributed by atoms with Gasteiger partial charge in [0.1, 0.15) is 5.54 Å². The van der Waals surface area contributed by atoms with Crippen molar-refractivity contribution in [2.24, 2.45) is 5.73 Å². The molecule has 2 N–H and O–H groups in total. The zero-order chi connectivity index (χ0) is 12.1. The van der Waals surface area contributed by atoms with Crippen molar-refractivity contribution < 1.29 is 0 Å². The van der Waals surface area contributed by atoms with E-state index in [-0.39, 0.29) is 0 Å². The van der Waals surface area contributed by atoms with Crippen LogP contribution in [0.15, 0.2) is 48.8 Å². The third-order valence-electron chi connectivity index (χ3n) is 2.62. The van der Waals surface area contributed by atoms with Crippen LogP contribution in [-0.4, -0.2) is 22.0 Å². The van der Waals surface area contributed by atoms with Gasteiger partial charge in [-0.2, -0.15) is 11.8 Å². The summed E-state index contributed by atoms with van der Waals surface area (Å²) in [5, 5.41) is 0. The summed E-state index contributed by atoms with van der Waals surface area (Å²) in [7, 11) is 0. The number of pyridine rings is 2. The predicted molar refractivity (Wildman–Crippen MR) is 71.8 cm³/mol. The third kappa shape index (κ3) is 2.48. The zero-order valence-electron chi connectivity index (χ0n) is 9.71. The quantitative estimate of drug-likeness (QED) is 0.895. The Morgan fingerprint density at radius 1 is 1.06 bits per heavy atom. The van der Waals surface area contributed by atoms with Gasteiger partial charge in [0.05, 0.1) is 11.4 Å². The smallest absolute Gasteiger partial charge is 0.110 e. The monoisotopic (exact) mass is 245 g/mol. The maximum Gasteiger partial charge on any atom is 0.110 e. The van der Waals surface area contributed by atoms with Gasteiger partial charge in [-0.3, -0.25) is 9.97 Å². The maximum atomic E-state index is 6.51. The summed E-state index contributed by atoms with van der Waals surface area (Å²) in [6.07, 6.45) is 5.56. The van der Waals surface area contributed by atoms with Crippen LogP contribution in [0.3, 0.4) is 0 Å². The summed E-state index contributed by atoms with van der Waals surface area (Å²) in [4.78, 5) is 8.73. The molecule has 0 radical (unpaired) electrons. The SMILES string of the molecule is CSCC(N)(c1ccccn1)c1ccccn1. The molecule has 0 aliphatic heterocycles. The number of nitrogens with zero attached hydrogens (tertiary/aromatic N) is 2. The van der Waals surface area contributed by atoms with Crippen LogP contribution in [0.25, 0.3) is 0 Å². The van der Waals surface area contributed by atoms with E-state index >= 15 is 0 Å². The van der Waals surface area contributed by atoms with Crippen LogP contribution in [0.4, 0.5) is 0 Å². The van der Waals surface area contributed by atoms with Gasteiger partial charge in [-0.15, -0.1) is 0 Å². The Morgan fingerprint density at radius 2 is 1.59 bits per heavy atom. The van der Waals surface area contributed by atoms with E-state index in [1.54, 1.807) is 24.2 Å². The molecule has 0 bridgehead atoms. The lowest BCUT2D eigenvalue weighted by atomic mass is 9.93. The fraction of sp³-hybridized carbons (Fsp3) is 0.231. The molecule has 0 amide bonds. The maximum absolute atomic E-state index is 6.51. The van der Waals surface area contributed by atoms with Gasteiger partial charge in [0.15, 0.2) is 0 Å². The van der Waals surface area contributed by atoms with E-state index in [9.17, 15) is 0 Å². The van der Waals surface area contributed by atoms with Gasteiger partial charge in [0, 0.05) is 18.1 Å². The first-order valence-electron chi connectivity index (χ1n) is 5.38. The number of thioether (sulfide) groups is 1. The molecule has 0 aromatic carbocycles. The fourth-order valence-corrected chi connectivity index (χ4v) is 2.51. The first-order chi connectivity index (χ1) is 8.27. The number of hydrogen-bond donors (Lipinski definition) is 1. The minimum atomic E-state index is -0.623. The molecule has 0 saturated carbocycles. The van der Waals surface area contributed by atoms with E-state index in [1.165, 1.54) is 0 Å². The van der Waals surface area contributed by atoms with E-state index in [2.05, 4.69) is 9.97 Å². The van der Waals surface area contributed by atoms with Crippen LogP contribution in [0.5, 0.6) is 0 Å². The zero-order valence-corrected chi connectivity index (χ0v) is 10.5. The fourth-order valence-electron chi connectivity index (χ4n) is 1.76. The minimum absolute atomic E-state index is 0.623. The van der Waals surface area contributed by atoms with E-state index in [0.717, 1.165) is 17.1 Å². The average molecular weight is 245 g/mol. The lowest BCUT2D eigenvalue weighted by Gasteiger charge is -2.27. The van der Waals surface area contributed by atoms with Crippen molar-refractivity contribution in [2.75, 3.05) is 12.0 Å². The first-order valence-corrected chi connectivity index (χ1v) is 6.77. The summed E-state index contributed by atoms with van der Waals surface area (Å²) >= 11 is 1.69. The van der Waals surface area contributed by atoms with Gasteiger partial charge in [0.2, 0.25) is 0 Å². The third-order valence-corrected chi connectivity index (χ3v) is 3.36. The highest BCUT2D eigenvalue weighted by molar-refractivity contribution is 7.98. The van der Waals surface area contributed by atoms with Crippen molar-refractivity contribution in [3.05, 3.63) is 60.2 Å². The van der Waals surface area contributed by atoms with Gasteiger partial charge in [-0.25, -0.2) is 0 Å². The molecule has 0 fully saturated rings. The lowest BCUT2D eigenvalue weighted by molar-refractivity contribution is 0.573. The van der Waals surface area contributed by atoms with Crippen LogP contribution in [-0.2, 0) is 5.54 Å². The summed E-state index contributed by atoms with van der Waals surface area (Å²) in [6, 6.07) is 11.6. The molecular formula is C13H15N3S. The number of rotatable bonds is 4. The van der Waals surface area contributed by atoms with Crippen molar-refractivity contribution in [1.29, 1.82) is 0 Å². The van der Waals surface area contributed by atoms with Crippen LogP contribution < -0.4 is 5.73 Å². The largest absolute Gasteiger partial charge is 0.314 e. The van der Waals surface area contributed by atoms with Crippen molar-refractivity contribution in [2.45, 2.75) is 5.54 Å². The Kier molecular flexibility index (Phi) is 3.76. The summed E-state index contributed by atoms with van der Waals surface area (Å²) in [5.41, 5.74) is 7.59. The normalized spacial score (nSPS) is 11.4. The molecule has 0 aliphatic rings. The predicted octanol–water partition coefficient (Wildman–Crippen LogP) is 2.04. The number of aromatic nitrogens is 2. The van der Waals surface area contributed by atoms with Crippen molar-refractivity contribution in [3.8, 4) is 0 Å². The highest BCUT2D eigenvalue weighted by Crippen LogP contribution is 2.26. The van der Waals surface area contributed by atoms with Gasteiger partial charge >= 0.3 is 0 Å². The summed E-state index contributed by atoms with van der Waals surface area (Å²) < 4.78 is 0. The Hall–Kier alpha value is -1.39. The molecule has 0 spiro atoms. The second kappa shape index (κ2) is 5.29. The highest BCUT2D eigenvalue weighted by atomic mass is 32.2. The molecule has 0 aliphatic carbocycles. The van der Waals surface area contributed by atoms with E-state index in [1.807, 2.05) is 42.7 Å². The second-order valence-corrected chi connectivity index (χ2v) is 4.70. The number of hydrogen-bond acceptors (Lipinski definition) is 4. The average Bonchev–Trinajstić information content (AvgIpc) is 2.41. The molecule has 17 heavy (non-hydrogen) atoms. The van der Waals surface area contributed by atoms with Crippen LogP contribution in [0.1, 0.15) is 11.4 Å². The minimum Gasteiger partial charge on any atom is -0.314 e. The van der Waals surface area contributed by atoms with Crippen molar-refractivity contribution in [3.63, 3.8) is 0 Å². The first kappa shape index (κ1) is 12.1. The van der Waals surface area contributed by atoms with Crippen molar-refractivity contribution >= 4 is 11.8 Å². The Morgan fingerprint density at radius 3 is 1.94 bits per heavy atom. The molecule has 88 valence electrons. The van der Waals surface area contributed by atoms with Gasteiger partial charge in [-0.05, 0) is 30.5 Å². The number of nitrogens with two attached hydrogens (primary N) is 1. The van der Waals surface area contributed by atoms with Crippen molar-refractivity contribution in [1.82, 2.24) is 9.97 Å². The van der Waals surface area contributed by atoms with Crippen LogP contribution >= 0.6 is 11.8 Å². The molecule has 3 nitrogen and oxygen atoms in total. The summed E-state index contributed by atoms with van der Waals surface area (Å²) in [6.45, 7) is 0. The topological polar surface area (TPSA) is 51.8 Å². The Labute approximate surface area is 105 Å². The molecule has 0 unspecified atom stereocenters. The second-order valence-electron chi connectivity index (χ2n) is 3.83. The van der Waals surface area contributed by atoms with Crippen LogP contribution in [0.2, 0.25) is 0 Å². The molecule has 0 saturated heterocycles. The molecule has 2 heterocycles. The standard InChI is InChI=1S/C13H15N3S/c1-17-10-13(14,11-6-2-4-8-15-11)12-7-3-5-9-16-12/h2-9H,10,14H2,1H3. The highest BCUT2D eigenvalue weighted by Gasteiger charge is 2.31. The van der Waals surface area contributed by atoms with Gasteiger partial charge in [-0.1, -0.05) is 12.1 Å². The molecule has 2 rings (SSSR count).